The van der Waals surface area contributed by atoms with Crippen molar-refractivity contribution >= 4 is 46.3 Å². The fourth-order valence-corrected chi connectivity index (χ4v) is 3.53. The van der Waals surface area contributed by atoms with Gasteiger partial charge < -0.3 is 9.47 Å². The molecule has 23 heavy (non-hydrogen) atoms. The van der Waals surface area contributed by atoms with Crippen molar-refractivity contribution in [3.05, 3.63) is 34.7 Å². The van der Waals surface area contributed by atoms with Gasteiger partial charge >= 0.3 is 5.97 Å². The second-order valence-electron chi connectivity index (χ2n) is 4.72. The van der Waals surface area contributed by atoms with Crippen molar-refractivity contribution in [2.24, 2.45) is 0 Å². The summed E-state index contributed by atoms with van der Waals surface area (Å²) in [7, 11) is 1.28. The molecule has 0 aromatic heterocycles. The largest absolute Gasteiger partial charge is 0.493 e. The van der Waals surface area contributed by atoms with Crippen molar-refractivity contribution < 1.29 is 19.1 Å². The molecule has 0 aliphatic carbocycles. The first kappa shape index (κ1) is 17.5. The molecule has 0 bridgehead atoms. The summed E-state index contributed by atoms with van der Waals surface area (Å²) >= 11 is 6.39. The van der Waals surface area contributed by atoms with E-state index >= 15 is 0 Å². The lowest BCUT2D eigenvalue weighted by Crippen LogP contribution is -2.42. The minimum atomic E-state index is -0.750. The Morgan fingerprint density at radius 3 is 2.78 bits per heavy atom. The number of carbonyl (C=O) groups excluding carboxylic acids is 2. The average Bonchev–Trinajstić information content (AvgIpc) is 2.82. The Hall–Kier alpha value is -1.86. The van der Waals surface area contributed by atoms with Crippen LogP contribution in [0.3, 0.4) is 0 Å². The first-order valence-corrected chi connectivity index (χ1v) is 8.28. The highest BCUT2D eigenvalue weighted by Crippen LogP contribution is 2.35. The molecule has 5 nitrogen and oxygen atoms in total. The number of benzene rings is 1. The van der Waals surface area contributed by atoms with Crippen LogP contribution in [0.2, 0.25) is 0 Å². The van der Waals surface area contributed by atoms with Crippen LogP contribution >= 0.6 is 24.0 Å². The van der Waals surface area contributed by atoms with Crippen LogP contribution in [0.4, 0.5) is 0 Å². The maximum atomic E-state index is 12.6. The summed E-state index contributed by atoms with van der Waals surface area (Å²) in [4.78, 5) is 26.0. The minimum Gasteiger partial charge on any atom is -0.493 e. The molecule has 1 aromatic carbocycles. The second-order valence-corrected chi connectivity index (χ2v) is 6.40. The fourth-order valence-electron chi connectivity index (χ4n) is 2.12. The Balaban J connectivity index is 2.31. The van der Waals surface area contributed by atoms with E-state index in [1.165, 1.54) is 23.8 Å². The van der Waals surface area contributed by atoms with Gasteiger partial charge in [-0.3, -0.25) is 9.69 Å². The Morgan fingerprint density at radius 2 is 2.13 bits per heavy atom. The molecule has 1 unspecified atom stereocenters. The molecule has 0 spiro atoms. The van der Waals surface area contributed by atoms with Gasteiger partial charge in [-0.1, -0.05) is 42.2 Å². The van der Waals surface area contributed by atoms with Gasteiger partial charge in [-0.15, -0.1) is 0 Å². The number of nitrogens with zero attached hydrogens (tertiary/aromatic N) is 1. The Morgan fingerprint density at radius 1 is 1.43 bits per heavy atom. The summed E-state index contributed by atoms with van der Waals surface area (Å²) in [6, 6.07) is 6.69. The van der Waals surface area contributed by atoms with Gasteiger partial charge in [-0.25, -0.2) is 4.79 Å². The van der Waals surface area contributed by atoms with Gasteiger partial charge in [-0.05, 0) is 26.0 Å². The summed E-state index contributed by atoms with van der Waals surface area (Å²) in [6.07, 6.45) is 1.73. The summed E-state index contributed by atoms with van der Waals surface area (Å²) in [5, 5.41) is 0. The van der Waals surface area contributed by atoms with Gasteiger partial charge in [0, 0.05) is 5.56 Å². The predicted octanol–water partition coefficient (Wildman–Crippen LogP) is 2.85. The standard InChI is InChI=1S/C16H17NO4S2/c1-4-21-12-8-6-5-7-11(12)9-13-14(18)17(16(22)23-13)10(2)15(19)20-3/h5-10H,4H2,1-3H3. The number of rotatable bonds is 5. The number of thioether (sulfide) groups is 1. The minimum absolute atomic E-state index is 0.302. The molecular formula is C16H17NO4S2. The quantitative estimate of drug-likeness (QED) is 0.462. The van der Waals surface area contributed by atoms with Crippen molar-refractivity contribution in [2.45, 2.75) is 19.9 Å². The van der Waals surface area contributed by atoms with E-state index in [0.717, 1.165) is 5.56 Å². The topological polar surface area (TPSA) is 55.8 Å². The van der Waals surface area contributed by atoms with E-state index in [4.69, 9.17) is 17.0 Å². The van der Waals surface area contributed by atoms with Crippen LogP contribution < -0.4 is 4.74 Å². The smallest absolute Gasteiger partial charge is 0.328 e. The maximum absolute atomic E-state index is 12.6. The zero-order valence-electron chi connectivity index (χ0n) is 13.1. The highest BCUT2D eigenvalue weighted by Gasteiger charge is 2.38. The van der Waals surface area contributed by atoms with E-state index in [-0.39, 0.29) is 5.91 Å². The Bertz CT molecular complexity index is 672. The van der Waals surface area contributed by atoms with Crippen molar-refractivity contribution in [2.75, 3.05) is 13.7 Å². The summed E-state index contributed by atoms with van der Waals surface area (Å²) in [5.41, 5.74) is 0.792. The molecule has 1 amide bonds. The summed E-state index contributed by atoms with van der Waals surface area (Å²) in [5.74, 6) is -0.109. The maximum Gasteiger partial charge on any atom is 0.328 e. The zero-order valence-corrected chi connectivity index (χ0v) is 14.7. The number of hydrogen-bond acceptors (Lipinski definition) is 6. The molecule has 7 heteroatoms. The number of esters is 1. The molecule has 0 saturated carbocycles. The Kier molecular flexibility index (Phi) is 5.79. The highest BCUT2D eigenvalue weighted by molar-refractivity contribution is 8.26. The molecule has 1 aliphatic rings. The van der Waals surface area contributed by atoms with E-state index in [0.29, 0.717) is 21.6 Å². The molecule has 1 saturated heterocycles. The van der Waals surface area contributed by atoms with E-state index in [1.54, 1.807) is 13.0 Å². The Labute approximate surface area is 144 Å². The van der Waals surface area contributed by atoms with Crippen LogP contribution in [0.25, 0.3) is 6.08 Å². The van der Waals surface area contributed by atoms with Gasteiger partial charge in [0.25, 0.3) is 5.91 Å². The third-order valence-electron chi connectivity index (χ3n) is 3.26. The molecule has 1 fully saturated rings. The number of methoxy groups -OCH3 is 1. The number of thiocarbonyl (C=S) groups is 1. The lowest BCUT2D eigenvalue weighted by Gasteiger charge is -2.20. The lowest BCUT2D eigenvalue weighted by atomic mass is 10.2. The third-order valence-corrected chi connectivity index (χ3v) is 4.59. The molecule has 0 radical (unpaired) electrons. The predicted molar refractivity (Wildman–Crippen MR) is 94.1 cm³/mol. The summed E-state index contributed by atoms with van der Waals surface area (Å²) < 4.78 is 10.6. The molecule has 1 aromatic rings. The van der Waals surface area contributed by atoms with E-state index in [9.17, 15) is 9.59 Å². The van der Waals surface area contributed by atoms with Gasteiger partial charge in [0.05, 0.1) is 18.6 Å². The number of carbonyl (C=O) groups is 2. The first-order chi connectivity index (χ1) is 11.0. The van der Waals surface area contributed by atoms with E-state index < -0.39 is 12.0 Å². The molecule has 0 N–H and O–H groups in total. The third kappa shape index (κ3) is 3.73. The fraction of sp³-hybridized carbons (Fsp3) is 0.312. The normalized spacial score (nSPS) is 17.5. The summed E-state index contributed by atoms with van der Waals surface area (Å²) in [6.45, 7) is 4.02. The molecule has 1 atom stereocenters. The molecular weight excluding hydrogens is 334 g/mol. The van der Waals surface area contributed by atoms with Crippen LogP contribution in [-0.4, -0.2) is 40.9 Å². The van der Waals surface area contributed by atoms with Crippen LogP contribution in [-0.2, 0) is 14.3 Å². The van der Waals surface area contributed by atoms with E-state index in [1.807, 2.05) is 31.2 Å². The number of hydrogen-bond donors (Lipinski definition) is 0. The van der Waals surface area contributed by atoms with Gasteiger partial charge in [0.1, 0.15) is 16.1 Å². The van der Waals surface area contributed by atoms with Gasteiger partial charge in [0.15, 0.2) is 0 Å². The zero-order chi connectivity index (χ0) is 17.0. The van der Waals surface area contributed by atoms with Crippen molar-refractivity contribution in [3.63, 3.8) is 0 Å². The van der Waals surface area contributed by atoms with Crippen molar-refractivity contribution in [3.8, 4) is 5.75 Å². The number of para-hydroxylation sites is 1. The lowest BCUT2D eigenvalue weighted by molar-refractivity contribution is -0.147. The first-order valence-electron chi connectivity index (χ1n) is 7.06. The van der Waals surface area contributed by atoms with Crippen LogP contribution in [0, 0.1) is 0 Å². The molecule has 1 aliphatic heterocycles. The van der Waals surface area contributed by atoms with Crippen LogP contribution in [0.1, 0.15) is 19.4 Å². The molecule has 2 rings (SSSR count). The van der Waals surface area contributed by atoms with Crippen molar-refractivity contribution in [1.82, 2.24) is 4.90 Å². The van der Waals surface area contributed by atoms with Gasteiger partial charge in [0.2, 0.25) is 0 Å². The second kappa shape index (κ2) is 7.61. The van der Waals surface area contributed by atoms with Crippen LogP contribution in [0.15, 0.2) is 29.2 Å². The highest BCUT2D eigenvalue weighted by atomic mass is 32.2. The molecule has 122 valence electrons. The molecule has 1 heterocycles. The SMILES string of the molecule is CCOc1ccccc1C=C1SC(=S)N(C(C)C(=O)OC)C1=O. The van der Waals surface area contributed by atoms with Crippen molar-refractivity contribution in [1.29, 1.82) is 0 Å². The average molecular weight is 351 g/mol. The van der Waals surface area contributed by atoms with E-state index in [2.05, 4.69) is 4.74 Å². The number of ether oxygens (including phenoxy) is 2. The van der Waals surface area contributed by atoms with Crippen LogP contribution in [0.5, 0.6) is 5.75 Å². The number of amides is 1. The monoisotopic (exact) mass is 351 g/mol. The van der Waals surface area contributed by atoms with Gasteiger partial charge in [-0.2, -0.15) is 0 Å².